The fourth-order valence-electron chi connectivity index (χ4n) is 2.90. The number of carbonyl (C=O) groups excluding carboxylic acids is 1. The summed E-state index contributed by atoms with van der Waals surface area (Å²) >= 11 is 5.93. The van der Waals surface area contributed by atoms with E-state index in [0.717, 1.165) is 0 Å². The van der Waals surface area contributed by atoms with Gasteiger partial charge in [0.2, 0.25) is 0 Å². The van der Waals surface area contributed by atoms with Gasteiger partial charge in [-0.2, -0.15) is 0 Å². The van der Waals surface area contributed by atoms with Gasteiger partial charge in [0.15, 0.2) is 0 Å². The number of carboxylic acid groups (broad SMARTS) is 1. The average Bonchev–Trinajstić information content (AvgIpc) is 3.24. The van der Waals surface area contributed by atoms with E-state index in [-0.39, 0.29) is 11.9 Å². The first-order chi connectivity index (χ1) is 12.3. The highest BCUT2D eigenvalue weighted by atomic mass is 35.5. The molecule has 1 aromatic heterocycles. The van der Waals surface area contributed by atoms with Gasteiger partial charge in [-0.05, 0) is 38.5 Å². The predicted molar refractivity (Wildman–Crippen MR) is 95.0 cm³/mol. The van der Waals surface area contributed by atoms with E-state index >= 15 is 0 Å². The first kappa shape index (κ1) is 18.3. The van der Waals surface area contributed by atoms with Gasteiger partial charge >= 0.3 is 5.97 Å². The summed E-state index contributed by atoms with van der Waals surface area (Å²) in [5.74, 6) is -1.14. The highest BCUT2D eigenvalue weighted by Crippen LogP contribution is 2.23. The smallest absolute Gasteiger partial charge is 0.320 e. The minimum Gasteiger partial charge on any atom is -0.480 e. The van der Waals surface area contributed by atoms with Gasteiger partial charge in [0.05, 0.1) is 17.8 Å². The fraction of sp³-hybridized carbons (Fsp3) is 0.412. The SMILES string of the molecule is CC(C)(NC(=O)c1cccc(Cl)c1)c1cn([C@@H]2CN[C@H](C(=O)O)C2)nn1. The van der Waals surface area contributed by atoms with E-state index in [9.17, 15) is 9.59 Å². The summed E-state index contributed by atoms with van der Waals surface area (Å²) in [6.45, 7) is 4.17. The van der Waals surface area contributed by atoms with Crippen LogP contribution < -0.4 is 10.6 Å². The summed E-state index contributed by atoms with van der Waals surface area (Å²) in [7, 11) is 0. The van der Waals surface area contributed by atoms with Crippen molar-refractivity contribution < 1.29 is 14.7 Å². The van der Waals surface area contributed by atoms with E-state index in [2.05, 4.69) is 20.9 Å². The van der Waals surface area contributed by atoms with Crippen molar-refractivity contribution in [2.45, 2.75) is 37.9 Å². The van der Waals surface area contributed by atoms with Crippen molar-refractivity contribution in [3.8, 4) is 0 Å². The molecule has 0 aliphatic carbocycles. The molecular formula is C17H20ClN5O3. The Morgan fingerprint density at radius 3 is 2.85 bits per heavy atom. The zero-order valence-corrected chi connectivity index (χ0v) is 15.2. The lowest BCUT2D eigenvalue weighted by atomic mass is 10.0. The first-order valence-electron chi connectivity index (χ1n) is 8.23. The minimum atomic E-state index is -0.873. The maximum Gasteiger partial charge on any atom is 0.320 e. The third kappa shape index (κ3) is 3.86. The monoisotopic (exact) mass is 377 g/mol. The van der Waals surface area contributed by atoms with Crippen LogP contribution in [0.3, 0.4) is 0 Å². The Kier molecular flexibility index (Phi) is 4.97. The molecule has 3 rings (SSSR count). The Bertz CT molecular complexity index is 835. The van der Waals surface area contributed by atoms with Crippen LogP contribution in [-0.4, -0.2) is 44.6 Å². The van der Waals surface area contributed by atoms with E-state index in [1.165, 1.54) is 0 Å². The van der Waals surface area contributed by atoms with Gasteiger partial charge in [-0.1, -0.05) is 22.9 Å². The fourth-order valence-corrected chi connectivity index (χ4v) is 3.09. The van der Waals surface area contributed by atoms with Gasteiger partial charge in [0, 0.05) is 17.1 Å². The van der Waals surface area contributed by atoms with Crippen molar-refractivity contribution in [1.82, 2.24) is 25.6 Å². The van der Waals surface area contributed by atoms with Gasteiger partial charge in [-0.15, -0.1) is 5.10 Å². The van der Waals surface area contributed by atoms with Crippen LogP contribution in [0.1, 0.15) is 42.4 Å². The largest absolute Gasteiger partial charge is 0.480 e. The number of hydrogen-bond acceptors (Lipinski definition) is 5. The van der Waals surface area contributed by atoms with Crippen LogP contribution in [0.25, 0.3) is 0 Å². The second kappa shape index (κ2) is 7.05. The van der Waals surface area contributed by atoms with Gasteiger partial charge in [-0.3, -0.25) is 9.59 Å². The maximum absolute atomic E-state index is 12.5. The molecule has 2 heterocycles. The van der Waals surface area contributed by atoms with E-state index in [4.69, 9.17) is 16.7 Å². The van der Waals surface area contributed by atoms with Crippen LogP contribution in [-0.2, 0) is 10.3 Å². The minimum absolute atomic E-state index is 0.0863. The van der Waals surface area contributed by atoms with Crippen LogP contribution in [0.5, 0.6) is 0 Å². The van der Waals surface area contributed by atoms with Crippen LogP contribution in [0.15, 0.2) is 30.5 Å². The van der Waals surface area contributed by atoms with Crippen molar-refractivity contribution in [2.24, 2.45) is 0 Å². The average molecular weight is 378 g/mol. The number of benzene rings is 1. The lowest BCUT2D eigenvalue weighted by Crippen LogP contribution is -2.41. The summed E-state index contributed by atoms with van der Waals surface area (Å²) < 4.78 is 1.65. The Labute approximate surface area is 155 Å². The number of aliphatic carboxylic acids is 1. The van der Waals surface area contributed by atoms with Gasteiger partial charge in [0.1, 0.15) is 11.7 Å². The van der Waals surface area contributed by atoms with Crippen molar-refractivity contribution in [1.29, 1.82) is 0 Å². The Morgan fingerprint density at radius 2 is 2.19 bits per heavy atom. The lowest BCUT2D eigenvalue weighted by Gasteiger charge is -2.23. The molecule has 0 bridgehead atoms. The molecule has 138 valence electrons. The molecule has 2 atom stereocenters. The predicted octanol–water partition coefficient (Wildman–Crippen LogP) is 1.58. The normalized spacial score (nSPS) is 20.1. The molecule has 0 radical (unpaired) electrons. The van der Waals surface area contributed by atoms with Crippen molar-refractivity contribution in [3.63, 3.8) is 0 Å². The number of nitrogens with zero attached hydrogens (tertiary/aromatic N) is 3. The second-order valence-corrected chi connectivity index (χ2v) is 7.30. The Morgan fingerprint density at radius 1 is 1.42 bits per heavy atom. The maximum atomic E-state index is 12.5. The number of hydrogen-bond donors (Lipinski definition) is 3. The zero-order chi connectivity index (χ0) is 18.9. The molecule has 1 amide bonds. The number of nitrogens with one attached hydrogen (secondary N) is 2. The summed E-state index contributed by atoms with van der Waals surface area (Å²) in [6, 6.07) is 6.03. The topological polar surface area (TPSA) is 109 Å². The summed E-state index contributed by atoms with van der Waals surface area (Å²) in [4.78, 5) is 23.5. The number of halogens is 1. The summed E-state index contributed by atoms with van der Waals surface area (Å²) in [6.07, 6.45) is 2.18. The molecule has 26 heavy (non-hydrogen) atoms. The number of rotatable bonds is 5. The molecule has 0 unspecified atom stereocenters. The number of aromatic nitrogens is 3. The first-order valence-corrected chi connectivity index (χ1v) is 8.60. The summed E-state index contributed by atoms with van der Waals surface area (Å²) in [5, 5.41) is 23.7. The zero-order valence-electron chi connectivity index (χ0n) is 14.4. The molecule has 0 saturated carbocycles. The summed E-state index contributed by atoms with van der Waals surface area (Å²) in [5.41, 5.74) is 0.296. The highest BCUT2D eigenvalue weighted by molar-refractivity contribution is 6.30. The van der Waals surface area contributed by atoms with Crippen LogP contribution >= 0.6 is 11.6 Å². The van der Waals surface area contributed by atoms with Gasteiger partial charge < -0.3 is 15.7 Å². The van der Waals surface area contributed by atoms with E-state index in [1.54, 1.807) is 35.1 Å². The van der Waals surface area contributed by atoms with Crippen molar-refractivity contribution in [3.05, 3.63) is 46.7 Å². The molecule has 1 aliphatic heterocycles. The molecule has 1 fully saturated rings. The van der Waals surface area contributed by atoms with Gasteiger partial charge in [-0.25, -0.2) is 4.68 Å². The van der Waals surface area contributed by atoms with Gasteiger partial charge in [0.25, 0.3) is 5.91 Å². The third-order valence-corrected chi connectivity index (χ3v) is 4.68. The molecule has 9 heteroatoms. The number of carbonyl (C=O) groups is 2. The molecule has 3 N–H and O–H groups in total. The quantitative estimate of drug-likeness (QED) is 0.730. The molecule has 8 nitrogen and oxygen atoms in total. The van der Waals surface area contributed by atoms with Crippen LogP contribution in [0, 0.1) is 0 Å². The molecule has 1 saturated heterocycles. The van der Waals surface area contributed by atoms with E-state index in [1.807, 2.05) is 13.8 Å². The van der Waals surface area contributed by atoms with Crippen LogP contribution in [0.2, 0.25) is 5.02 Å². The number of carboxylic acids is 1. The molecule has 1 aromatic carbocycles. The standard InChI is InChI=1S/C17H20ClN5O3/c1-17(2,20-15(24)10-4-3-5-11(18)6-10)14-9-23(22-21-14)12-7-13(16(25)26)19-8-12/h3-6,9,12-13,19H,7-8H2,1-2H3,(H,20,24)(H,25,26)/t12-,13-/m0/s1. The molecule has 1 aliphatic rings. The lowest BCUT2D eigenvalue weighted by molar-refractivity contribution is -0.139. The van der Waals surface area contributed by atoms with Crippen LogP contribution in [0.4, 0.5) is 0 Å². The molecule has 2 aromatic rings. The van der Waals surface area contributed by atoms with Crippen molar-refractivity contribution in [2.75, 3.05) is 6.54 Å². The second-order valence-electron chi connectivity index (χ2n) is 6.86. The Hall–Kier alpha value is -2.45. The van der Waals surface area contributed by atoms with Crippen molar-refractivity contribution >= 4 is 23.5 Å². The Balaban J connectivity index is 1.71. The van der Waals surface area contributed by atoms with E-state index in [0.29, 0.717) is 29.2 Å². The molecule has 0 spiro atoms. The third-order valence-electron chi connectivity index (χ3n) is 4.44. The molecular weight excluding hydrogens is 358 g/mol. The number of amides is 1. The highest BCUT2D eigenvalue weighted by Gasteiger charge is 2.33. The van der Waals surface area contributed by atoms with E-state index < -0.39 is 17.6 Å².